The number of nitrogens with one attached hydrogen (secondary N) is 1. The van der Waals surface area contributed by atoms with Crippen LogP contribution in [0.4, 0.5) is 5.69 Å². The Morgan fingerprint density at radius 3 is 2.44 bits per heavy atom. The fourth-order valence-electron chi connectivity index (χ4n) is 3.97. The first-order chi connectivity index (χ1) is 15.2. The van der Waals surface area contributed by atoms with Crippen molar-refractivity contribution in [1.29, 1.82) is 0 Å². The molecule has 0 radical (unpaired) electrons. The Kier molecular flexibility index (Phi) is 5.75. The Hall–Kier alpha value is -3.22. The first-order valence-electron chi connectivity index (χ1n) is 10.1. The summed E-state index contributed by atoms with van der Waals surface area (Å²) in [7, 11) is 0. The van der Waals surface area contributed by atoms with E-state index in [1.165, 1.54) is 4.90 Å². The van der Waals surface area contributed by atoms with Crippen LogP contribution in [0, 0.1) is 27.7 Å². The highest BCUT2D eigenvalue weighted by atomic mass is 35.5. The minimum atomic E-state index is -0.517. The molecule has 1 aliphatic heterocycles. The van der Waals surface area contributed by atoms with Gasteiger partial charge < -0.3 is 4.57 Å². The molecule has 1 fully saturated rings. The number of halogens is 1. The number of rotatable bonds is 3. The van der Waals surface area contributed by atoms with Crippen molar-refractivity contribution in [3.8, 4) is 5.69 Å². The van der Waals surface area contributed by atoms with E-state index >= 15 is 0 Å². The molecule has 32 heavy (non-hydrogen) atoms. The summed E-state index contributed by atoms with van der Waals surface area (Å²) in [4.78, 5) is 27.4. The highest BCUT2D eigenvalue weighted by molar-refractivity contribution is 7.80. The number of hydrogen-bond donors (Lipinski definition) is 1. The van der Waals surface area contributed by atoms with E-state index < -0.39 is 11.8 Å². The first kappa shape index (κ1) is 22.0. The maximum atomic E-state index is 13.4. The Morgan fingerprint density at radius 2 is 1.72 bits per heavy atom. The predicted molar refractivity (Wildman–Crippen MR) is 132 cm³/mol. The highest BCUT2D eigenvalue weighted by Gasteiger charge is 2.35. The van der Waals surface area contributed by atoms with Crippen LogP contribution in [0.25, 0.3) is 11.8 Å². The maximum absolute atomic E-state index is 13.4. The number of carbonyl (C=O) groups excluding carboxylic acids is 2. The molecule has 1 N–H and O–H groups in total. The number of benzene rings is 2. The third-order valence-corrected chi connectivity index (χ3v) is 6.31. The number of hydrogen-bond acceptors (Lipinski definition) is 3. The van der Waals surface area contributed by atoms with Crippen LogP contribution in [0.2, 0.25) is 5.02 Å². The van der Waals surface area contributed by atoms with Gasteiger partial charge in [0.25, 0.3) is 11.8 Å². The Bertz CT molecular complexity index is 1320. The van der Waals surface area contributed by atoms with Crippen molar-refractivity contribution in [2.24, 2.45) is 0 Å². The van der Waals surface area contributed by atoms with E-state index in [1.807, 2.05) is 52.0 Å². The van der Waals surface area contributed by atoms with Crippen LogP contribution >= 0.6 is 23.8 Å². The Labute approximate surface area is 197 Å². The molecular weight excluding hydrogens is 442 g/mol. The number of amides is 2. The third-order valence-electron chi connectivity index (χ3n) is 5.61. The number of carbonyl (C=O) groups is 2. The van der Waals surface area contributed by atoms with Gasteiger partial charge in [0.2, 0.25) is 0 Å². The highest BCUT2D eigenvalue weighted by Crippen LogP contribution is 2.30. The van der Waals surface area contributed by atoms with Gasteiger partial charge in [-0.15, -0.1) is 0 Å². The monoisotopic (exact) mass is 463 g/mol. The van der Waals surface area contributed by atoms with Crippen molar-refractivity contribution >= 4 is 52.5 Å². The largest absolute Gasteiger partial charge is 0.318 e. The van der Waals surface area contributed by atoms with Crippen LogP contribution in [0.5, 0.6) is 0 Å². The molecule has 2 aromatic carbocycles. The second kappa shape index (κ2) is 8.37. The molecule has 0 aliphatic carbocycles. The lowest BCUT2D eigenvalue weighted by Gasteiger charge is -2.30. The number of thiocarbonyl (C=S) groups is 1. The van der Waals surface area contributed by atoms with Gasteiger partial charge in [0.05, 0.1) is 5.69 Å². The van der Waals surface area contributed by atoms with E-state index in [9.17, 15) is 9.59 Å². The summed E-state index contributed by atoms with van der Waals surface area (Å²) in [6.07, 6.45) is 1.63. The van der Waals surface area contributed by atoms with Gasteiger partial charge >= 0.3 is 0 Å². The number of nitrogens with zero attached hydrogens (tertiary/aromatic N) is 2. The van der Waals surface area contributed by atoms with Crippen LogP contribution in [0.15, 0.2) is 54.1 Å². The third kappa shape index (κ3) is 3.76. The zero-order valence-electron chi connectivity index (χ0n) is 18.2. The molecule has 0 spiro atoms. The maximum Gasteiger partial charge on any atom is 0.270 e. The Morgan fingerprint density at radius 1 is 1.00 bits per heavy atom. The number of aromatic nitrogens is 1. The quantitative estimate of drug-likeness (QED) is 0.330. The van der Waals surface area contributed by atoms with Gasteiger partial charge in [0.1, 0.15) is 5.57 Å². The minimum absolute atomic E-state index is 0.0162. The molecule has 2 amide bonds. The minimum Gasteiger partial charge on any atom is -0.318 e. The number of aryl methyl sites for hydroxylation is 2. The van der Waals surface area contributed by atoms with E-state index in [-0.39, 0.29) is 10.7 Å². The first-order valence-corrected chi connectivity index (χ1v) is 10.9. The van der Waals surface area contributed by atoms with Crippen molar-refractivity contribution < 1.29 is 9.59 Å². The van der Waals surface area contributed by atoms with E-state index in [0.717, 1.165) is 28.2 Å². The summed E-state index contributed by atoms with van der Waals surface area (Å²) in [6.45, 7) is 7.82. The van der Waals surface area contributed by atoms with Crippen LogP contribution in [-0.2, 0) is 9.59 Å². The molecule has 162 valence electrons. The fraction of sp³-hybridized carbons (Fsp3) is 0.160. The topological polar surface area (TPSA) is 54.3 Å². The Balaban J connectivity index is 1.79. The average molecular weight is 464 g/mol. The van der Waals surface area contributed by atoms with Crippen molar-refractivity contribution in [2.45, 2.75) is 27.7 Å². The van der Waals surface area contributed by atoms with Gasteiger partial charge in [-0.1, -0.05) is 29.8 Å². The zero-order chi connectivity index (χ0) is 23.2. The van der Waals surface area contributed by atoms with E-state index in [4.69, 9.17) is 23.8 Å². The molecule has 3 aromatic rings. The van der Waals surface area contributed by atoms with Crippen LogP contribution in [0.1, 0.15) is 28.1 Å². The van der Waals surface area contributed by atoms with E-state index in [0.29, 0.717) is 16.3 Å². The molecule has 0 bridgehead atoms. The summed E-state index contributed by atoms with van der Waals surface area (Å²) in [5, 5.41) is 3.19. The van der Waals surface area contributed by atoms with Crippen molar-refractivity contribution in [2.75, 3.05) is 4.90 Å². The molecule has 7 heteroatoms. The summed E-state index contributed by atoms with van der Waals surface area (Å²) in [5.74, 6) is -0.999. The fourth-order valence-corrected chi connectivity index (χ4v) is 4.41. The normalized spacial score (nSPS) is 15.5. The summed E-state index contributed by atoms with van der Waals surface area (Å²) >= 11 is 11.6. The summed E-state index contributed by atoms with van der Waals surface area (Å²) in [6, 6.07) is 15.4. The number of anilines is 1. The summed E-state index contributed by atoms with van der Waals surface area (Å²) in [5.41, 5.74) is 6.17. The van der Waals surface area contributed by atoms with Gasteiger partial charge in [-0.05, 0) is 93.0 Å². The smallest absolute Gasteiger partial charge is 0.270 e. The SMILES string of the molecule is Cc1cccc(-n2c(C)cc(/C=C3\C(=O)NC(=S)N(c4cccc(Cl)c4C)C3=O)c2C)c1. The van der Waals surface area contributed by atoms with E-state index in [2.05, 4.69) is 16.0 Å². The second-order valence-electron chi connectivity index (χ2n) is 7.84. The van der Waals surface area contributed by atoms with Crippen molar-refractivity contribution in [3.63, 3.8) is 0 Å². The van der Waals surface area contributed by atoms with Crippen LogP contribution in [0.3, 0.4) is 0 Å². The molecule has 1 saturated heterocycles. The van der Waals surface area contributed by atoms with Gasteiger partial charge in [-0.25, -0.2) is 0 Å². The molecule has 0 unspecified atom stereocenters. The molecule has 0 saturated carbocycles. The lowest BCUT2D eigenvalue weighted by molar-refractivity contribution is -0.122. The molecule has 1 aliphatic rings. The molecule has 1 aromatic heterocycles. The van der Waals surface area contributed by atoms with E-state index in [1.54, 1.807) is 24.3 Å². The second-order valence-corrected chi connectivity index (χ2v) is 8.64. The predicted octanol–water partition coefficient (Wildman–Crippen LogP) is 5.20. The molecule has 4 rings (SSSR count). The lowest BCUT2D eigenvalue weighted by Crippen LogP contribution is -2.54. The van der Waals surface area contributed by atoms with Gasteiger partial charge in [0, 0.05) is 22.1 Å². The molecular formula is C25H22ClN3O2S. The van der Waals surface area contributed by atoms with Crippen LogP contribution < -0.4 is 10.2 Å². The van der Waals surface area contributed by atoms with Crippen LogP contribution in [-0.4, -0.2) is 21.5 Å². The van der Waals surface area contributed by atoms with Crippen molar-refractivity contribution in [1.82, 2.24) is 9.88 Å². The molecule has 2 heterocycles. The van der Waals surface area contributed by atoms with Crippen molar-refractivity contribution in [3.05, 3.63) is 87.2 Å². The lowest BCUT2D eigenvalue weighted by atomic mass is 10.1. The zero-order valence-corrected chi connectivity index (χ0v) is 19.8. The summed E-state index contributed by atoms with van der Waals surface area (Å²) < 4.78 is 2.11. The van der Waals surface area contributed by atoms with Gasteiger partial charge in [-0.3, -0.25) is 19.8 Å². The standard InChI is InChI=1S/C25H22ClN3O2S/c1-14-7-5-8-19(11-14)28-15(2)12-18(17(28)4)13-20-23(30)27-25(32)29(24(20)31)22-10-6-9-21(26)16(22)3/h5-13H,1-4H3,(H,27,30,32)/b20-13+. The van der Waals surface area contributed by atoms with Gasteiger partial charge in [0.15, 0.2) is 5.11 Å². The van der Waals surface area contributed by atoms with Gasteiger partial charge in [-0.2, -0.15) is 0 Å². The molecule has 5 nitrogen and oxygen atoms in total. The molecule has 0 atom stereocenters. The average Bonchev–Trinajstić information content (AvgIpc) is 3.01.